The molecule has 174 valence electrons. The van der Waals surface area contributed by atoms with E-state index in [1.807, 2.05) is 7.05 Å². The fourth-order valence-corrected chi connectivity index (χ4v) is 6.67. The zero-order chi connectivity index (χ0) is 22.6. The van der Waals surface area contributed by atoms with Gasteiger partial charge >= 0.3 is 0 Å². The third-order valence-corrected chi connectivity index (χ3v) is 9.46. The van der Waals surface area contributed by atoms with Gasteiger partial charge in [0, 0.05) is 65.3 Å². The number of nitrogens with zero attached hydrogens (tertiary/aromatic N) is 4. The first-order valence-corrected chi connectivity index (χ1v) is 13.3. The highest BCUT2D eigenvalue weighted by Crippen LogP contribution is 2.20. The Hall–Kier alpha value is -1.28. The van der Waals surface area contributed by atoms with Crippen molar-refractivity contribution < 1.29 is 21.6 Å². The Morgan fingerprint density at radius 1 is 0.935 bits per heavy atom. The van der Waals surface area contributed by atoms with E-state index in [0.29, 0.717) is 26.2 Å². The van der Waals surface area contributed by atoms with Crippen LogP contribution in [0, 0.1) is 0 Å². The van der Waals surface area contributed by atoms with Crippen LogP contribution in [0.15, 0.2) is 29.2 Å². The van der Waals surface area contributed by atoms with Crippen molar-refractivity contribution in [3.8, 4) is 0 Å². The molecule has 0 aromatic heterocycles. The van der Waals surface area contributed by atoms with Crippen LogP contribution in [-0.2, 0) is 25.0 Å². The summed E-state index contributed by atoms with van der Waals surface area (Å²) in [5.41, 5.74) is 0. The van der Waals surface area contributed by atoms with Crippen molar-refractivity contribution in [2.45, 2.75) is 11.3 Å². The molecule has 0 spiro atoms. The Labute approximate surface area is 189 Å². The van der Waals surface area contributed by atoms with Crippen LogP contribution in [0.2, 0.25) is 5.02 Å². The molecule has 2 saturated heterocycles. The largest absolute Gasteiger partial charge is 0.340 e. The lowest BCUT2D eigenvalue weighted by atomic mass is 10.3. The second kappa shape index (κ2) is 10.1. The fraction of sp³-hybridized carbons (Fsp3) is 0.611. The topological polar surface area (TPSA) is 110 Å². The van der Waals surface area contributed by atoms with E-state index in [0.717, 1.165) is 0 Å². The van der Waals surface area contributed by atoms with Crippen LogP contribution in [0.3, 0.4) is 0 Å². The van der Waals surface area contributed by atoms with Crippen LogP contribution in [0.1, 0.15) is 6.42 Å². The standard InChI is InChI=1S/C18H28ClN5O5S2/c1-21-8-12-23(13-9-21)31(28,29)24-14-10-22(11-15-24)18(25)6-7-20-30(26,27)17-5-3-2-4-16(17)19/h2-5,20H,6-15H2,1H3. The Morgan fingerprint density at radius 3 is 2.06 bits per heavy atom. The Balaban J connectivity index is 1.47. The molecule has 1 amide bonds. The normalized spacial score (nSPS) is 20.1. The Morgan fingerprint density at radius 2 is 1.48 bits per heavy atom. The Kier molecular flexibility index (Phi) is 7.95. The summed E-state index contributed by atoms with van der Waals surface area (Å²) >= 11 is 5.93. The zero-order valence-corrected chi connectivity index (χ0v) is 19.8. The second-order valence-corrected chi connectivity index (χ2v) is 11.6. The van der Waals surface area contributed by atoms with E-state index in [-0.39, 0.29) is 55.0 Å². The summed E-state index contributed by atoms with van der Waals surface area (Å²) in [6.07, 6.45) is -0.0190. The van der Waals surface area contributed by atoms with Crippen molar-refractivity contribution in [2.75, 3.05) is 66.0 Å². The van der Waals surface area contributed by atoms with Crippen molar-refractivity contribution in [1.82, 2.24) is 23.1 Å². The molecule has 2 aliphatic rings. The first-order chi connectivity index (χ1) is 14.6. The van der Waals surface area contributed by atoms with Gasteiger partial charge in [0.15, 0.2) is 0 Å². The van der Waals surface area contributed by atoms with Crippen molar-refractivity contribution >= 4 is 37.7 Å². The lowest BCUT2D eigenvalue weighted by Crippen LogP contribution is -2.57. The van der Waals surface area contributed by atoms with E-state index in [4.69, 9.17) is 11.6 Å². The summed E-state index contributed by atoms with van der Waals surface area (Å²) in [6, 6.07) is 6.08. The number of likely N-dealkylation sites (N-methyl/N-ethyl adjacent to an activating group) is 1. The Bertz CT molecular complexity index is 988. The molecule has 31 heavy (non-hydrogen) atoms. The molecule has 3 rings (SSSR count). The number of piperazine rings is 2. The minimum atomic E-state index is -3.81. The first-order valence-electron chi connectivity index (χ1n) is 10.1. The van der Waals surface area contributed by atoms with E-state index in [1.165, 1.54) is 20.7 Å². The minimum Gasteiger partial charge on any atom is -0.340 e. The van der Waals surface area contributed by atoms with Gasteiger partial charge in [-0.05, 0) is 19.2 Å². The van der Waals surface area contributed by atoms with Crippen LogP contribution in [0.4, 0.5) is 0 Å². The SMILES string of the molecule is CN1CCN(S(=O)(=O)N2CCN(C(=O)CCNS(=O)(=O)c3ccccc3Cl)CC2)CC1. The number of halogens is 1. The molecule has 2 aliphatic heterocycles. The van der Waals surface area contributed by atoms with E-state index in [1.54, 1.807) is 17.0 Å². The lowest BCUT2D eigenvalue weighted by Gasteiger charge is -2.39. The van der Waals surface area contributed by atoms with E-state index < -0.39 is 20.2 Å². The molecule has 2 fully saturated rings. The van der Waals surface area contributed by atoms with Gasteiger partial charge in [0.05, 0.1) is 5.02 Å². The molecule has 13 heteroatoms. The van der Waals surface area contributed by atoms with Gasteiger partial charge < -0.3 is 9.80 Å². The molecule has 1 aromatic carbocycles. The minimum absolute atomic E-state index is 0.0190. The summed E-state index contributed by atoms with van der Waals surface area (Å²) in [6.45, 7) is 3.27. The van der Waals surface area contributed by atoms with Gasteiger partial charge in [-0.2, -0.15) is 17.0 Å². The molecule has 1 aromatic rings. The predicted octanol–water partition coefficient (Wildman–Crippen LogP) is -0.355. The number of carbonyl (C=O) groups is 1. The van der Waals surface area contributed by atoms with Gasteiger partial charge in [0.1, 0.15) is 4.90 Å². The lowest BCUT2D eigenvalue weighted by molar-refractivity contribution is -0.132. The van der Waals surface area contributed by atoms with Crippen molar-refractivity contribution in [2.24, 2.45) is 0 Å². The molecular formula is C18H28ClN5O5S2. The third kappa shape index (κ3) is 5.95. The van der Waals surface area contributed by atoms with Crippen LogP contribution in [0.25, 0.3) is 0 Å². The molecule has 0 unspecified atom stereocenters. The smallest absolute Gasteiger partial charge is 0.282 e. The number of nitrogens with one attached hydrogen (secondary N) is 1. The van der Waals surface area contributed by atoms with Gasteiger partial charge in [-0.1, -0.05) is 23.7 Å². The molecule has 0 bridgehead atoms. The maximum absolute atomic E-state index is 12.8. The monoisotopic (exact) mass is 493 g/mol. The third-order valence-electron chi connectivity index (χ3n) is 5.46. The molecule has 0 atom stereocenters. The van der Waals surface area contributed by atoms with Crippen LogP contribution < -0.4 is 4.72 Å². The quantitative estimate of drug-likeness (QED) is 0.555. The average molecular weight is 494 g/mol. The van der Waals surface area contributed by atoms with Gasteiger partial charge in [-0.15, -0.1) is 0 Å². The van der Waals surface area contributed by atoms with Crippen molar-refractivity contribution in [3.05, 3.63) is 29.3 Å². The molecule has 10 nitrogen and oxygen atoms in total. The summed E-state index contributed by atoms with van der Waals surface area (Å²) in [7, 11) is -5.38. The van der Waals surface area contributed by atoms with Gasteiger partial charge in [-0.3, -0.25) is 4.79 Å². The highest BCUT2D eigenvalue weighted by Gasteiger charge is 2.34. The summed E-state index contributed by atoms with van der Waals surface area (Å²) in [5.74, 6) is -0.224. The number of carbonyl (C=O) groups excluding carboxylic acids is 1. The maximum Gasteiger partial charge on any atom is 0.282 e. The highest BCUT2D eigenvalue weighted by atomic mass is 35.5. The molecule has 0 radical (unpaired) electrons. The summed E-state index contributed by atoms with van der Waals surface area (Å²) in [5, 5.41) is 0.110. The predicted molar refractivity (Wildman–Crippen MR) is 117 cm³/mol. The number of hydrogen-bond donors (Lipinski definition) is 1. The van der Waals surface area contributed by atoms with Crippen LogP contribution in [-0.4, -0.2) is 107 Å². The molecular weight excluding hydrogens is 466 g/mol. The zero-order valence-electron chi connectivity index (χ0n) is 17.4. The van der Waals surface area contributed by atoms with Gasteiger partial charge in [0.2, 0.25) is 15.9 Å². The molecule has 0 saturated carbocycles. The number of benzene rings is 1. The average Bonchev–Trinajstić information content (AvgIpc) is 2.74. The summed E-state index contributed by atoms with van der Waals surface area (Å²) < 4.78 is 55.6. The number of sulfonamides is 1. The van der Waals surface area contributed by atoms with Crippen molar-refractivity contribution in [3.63, 3.8) is 0 Å². The van der Waals surface area contributed by atoms with E-state index in [9.17, 15) is 21.6 Å². The number of rotatable bonds is 7. The van der Waals surface area contributed by atoms with Crippen molar-refractivity contribution in [1.29, 1.82) is 0 Å². The maximum atomic E-state index is 12.8. The molecule has 2 heterocycles. The second-order valence-electron chi connectivity index (χ2n) is 7.57. The van der Waals surface area contributed by atoms with Gasteiger partial charge in [0.25, 0.3) is 10.2 Å². The highest BCUT2D eigenvalue weighted by molar-refractivity contribution is 7.89. The fourth-order valence-electron chi connectivity index (χ4n) is 3.54. The molecule has 1 N–H and O–H groups in total. The van der Waals surface area contributed by atoms with Gasteiger partial charge in [-0.25, -0.2) is 13.1 Å². The number of amides is 1. The first kappa shape index (κ1) is 24.4. The van der Waals surface area contributed by atoms with E-state index in [2.05, 4.69) is 9.62 Å². The van der Waals surface area contributed by atoms with E-state index >= 15 is 0 Å². The summed E-state index contributed by atoms with van der Waals surface area (Å²) in [4.78, 5) is 16.1. The number of hydrogen-bond acceptors (Lipinski definition) is 6. The van der Waals surface area contributed by atoms with Crippen LogP contribution in [0.5, 0.6) is 0 Å². The van der Waals surface area contributed by atoms with Crippen LogP contribution >= 0.6 is 11.6 Å². The molecule has 0 aliphatic carbocycles.